The predicted molar refractivity (Wildman–Crippen MR) is 137 cm³/mol. The molecule has 2 amide bonds. The standard InChI is InChI=1S/C20H21Cl2N7O3S2/c21-14-5-1-4-13(15(14)22)16(23)17(24)28-19(25)29-20(31)32-8-10-34-33-9-7-27-18(30)12-3-2-6-26-11-12/h1-6,11,23H,7-10H2,(H,27,30)(H4,24,25,28,29,31)/p+1. The first-order valence-electron chi connectivity index (χ1n) is 9.69. The van der Waals surface area contributed by atoms with E-state index in [1.807, 2.05) is 0 Å². The van der Waals surface area contributed by atoms with Gasteiger partial charge in [0.15, 0.2) is 5.84 Å². The van der Waals surface area contributed by atoms with Crippen LogP contribution in [-0.2, 0) is 4.74 Å². The van der Waals surface area contributed by atoms with Crippen molar-refractivity contribution in [3.8, 4) is 0 Å². The Morgan fingerprint density at radius 1 is 1.18 bits per heavy atom. The van der Waals surface area contributed by atoms with Gasteiger partial charge in [-0.15, -0.1) is 0 Å². The van der Waals surface area contributed by atoms with E-state index in [2.05, 4.69) is 15.3 Å². The molecule has 180 valence electrons. The summed E-state index contributed by atoms with van der Waals surface area (Å²) in [6, 6.07) is 8.11. The molecule has 1 aromatic carbocycles. The maximum Gasteiger partial charge on any atom is 0.520 e. The second-order valence-corrected chi connectivity index (χ2v) is 9.80. The Balaban J connectivity index is 1.60. The number of nitrogens with two attached hydrogens (primary N) is 2. The summed E-state index contributed by atoms with van der Waals surface area (Å²) in [4.78, 5) is 31.3. The van der Waals surface area contributed by atoms with Crippen LogP contribution in [0.15, 0.2) is 47.7 Å². The number of carbonyl (C=O) groups excluding carboxylic acids is 2. The summed E-state index contributed by atoms with van der Waals surface area (Å²) in [5, 5.41) is 19.9. The third kappa shape index (κ3) is 9.31. The number of hydrogen-bond acceptors (Lipinski definition) is 8. The summed E-state index contributed by atoms with van der Waals surface area (Å²) < 4.78 is 5.03. The van der Waals surface area contributed by atoms with E-state index < -0.39 is 12.1 Å². The number of primary amides is 1. The van der Waals surface area contributed by atoms with Crippen LogP contribution < -0.4 is 16.4 Å². The van der Waals surface area contributed by atoms with Gasteiger partial charge in [-0.25, -0.2) is 5.41 Å². The van der Waals surface area contributed by atoms with Gasteiger partial charge >= 0.3 is 12.1 Å². The lowest BCUT2D eigenvalue weighted by atomic mass is 10.1. The number of amides is 2. The number of carbonyl (C=O) groups is 2. The van der Waals surface area contributed by atoms with Crippen LogP contribution in [0.3, 0.4) is 0 Å². The lowest BCUT2D eigenvalue weighted by molar-refractivity contribution is -0.453. The number of ether oxygens (including phenoxy) is 1. The number of pyridine rings is 1. The molecule has 10 nitrogen and oxygen atoms in total. The van der Waals surface area contributed by atoms with Crippen LogP contribution in [0.25, 0.3) is 0 Å². The molecule has 2 aromatic rings. The van der Waals surface area contributed by atoms with Crippen molar-refractivity contribution in [2.24, 2.45) is 10.7 Å². The van der Waals surface area contributed by atoms with Crippen molar-refractivity contribution in [2.75, 3.05) is 24.7 Å². The van der Waals surface area contributed by atoms with Crippen LogP contribution in [0.5, 0.6) is 0 Å². The van der Waals surface area contributed by atoms with Gasteiger partial charge in [0, 0.05) is 36.0 Å². The highest BCUT2D eigenvalue weighted by Gasteiger charge is 2.16. The maximum atomic E-state index is 11.9. The molecule has 0 spiro atoms. The van der Waals surface area contributed by atoms with E-state index in [9.17, 15) is 9.59 Å². The first kappa shape index (κ1) is 27.6. The van der Waals surface area contributed by atoms with Gasteiger partial charge in [0.1, 0.15) is 12.3 Å². The minimum atomic E-state index is -0.747. The van der Waals surface area contributed by atoms with Crippen molar-refractivity contribution >= 4 is 74.3 Å². The van der Waals surface area contributed by atoms with E-state index >= 15 is 0 Å². The molecular formula is C20H22Cl2N7O3S2+. The number of quaternary nitrogens is 1. The Morgan fingerprint density at radius 2 is 1.94 bits per heavy atom. The predicted octanol–water partition coefficient (Wildman–Crippen LogP) is 2.56. The Hall–Kier alpha value is -2.64. The van der Waals surface area contributed by atoms with Crippen LogP contribution in [0, 0.1) is 10.8 Å². The minimum absolute atomic E-state index is 0.134. The molecule has 0 aliphatic heterocycles. The van der Waals surface area contributed by atoms with Gasteiger partial charge in [-0.05, 0) is 18.2 Å². The number of benzene rings is 1. The van der Waals surface area contributed by atoms with E-state index in [1.165, 1.54) is 27.8 Å². The van der Waals surface area contributed by atoms with E-state index in [0.29, 0.717) is 23.6 Å². The van der Waals surface area contributed by atoms with E-state index in [-0.39, 0.29) is 39.7 Å². The quantitative estimate of drug-likeness (QED) is 0.133. The molecule has 0 aliphatic rings. The molecule has 1 aromatic heterocycles. The number of amidine groups is 1. The number of guanidine groups is 1. The van der Waals surface area contributed by atoms with Gasteiger partial charge in [-0.1, -0.05) is 56.9 Å². The highest BCUT2D eigenvalue weighted by atomic mass is 35.5. The molecule has 0 fully saturated rings. The number of hydrogen-bond donors (Lipinski definition) is 5. The fraction of sp³-hybridized carbons (Fsp3) is 0.200. The number of aromatic nitrogens is 1. The summed E-state index contributed by atoms with van der Waals surface area (Å²) in [7, 11) is 3.01. The molecule has 0 unspecified atom stereocenters. The first-order chi connectivity index (χ1) is 16.3. The number of nitrogens with one attached hydrogen (secondary N) is 3. The van der Waals surface area contributed by atoms with Crippen LogP contribution in [-0.4, -0.2) is 59.1 Å². The highest BCUT2D eigenvalue weighted by Crippen LogP contribution is 2.25. The fourth-order valence-corrected chi connectivity index (χ4v) is 4.43. The molecule has 0 saturated carbocycles. The Morgan fingerprint density at radius 3 is 2.68 bits per heavy atom. The van der Waals surface area contributed by atoms with Gasteiger partial charge in [-0.2, -0.15) is 15.1 Å². The molecule has 14 heteroatoms. The fourth-order valence-electron chi connectivity index (χ4n) is 2.31. The minimum Gasteiger partial charge on any atom is -0.419 e. The van der Waals surface area contributed by atoms with Crippen LogP contribution in [0.2, 0.25) is 10.0 Å². The lowest BCUT2D eigenvalue weighted by Gasteiger charge is -2.07. The Labute approximate surface area is 213 Å². The average Bonchev–Trinajstić information content (AvgIpc) is 2.82. The van der Waals surface area contributed by atoms with Crippen LogP contribution >= 0.6 is 44.8 Å². The normalized spacial score (nSPS) is 11.1. The zero-order chi connectivity index (χ0) is 24.9. The largest absolute Gasteiger partial charge is 0.520 e. The zero-order valence-electron chi connectivity index (χ0n) is 17.7. The molecule has 7 N–H and O–H groups in total. The molecular weight excluding hydrogens is 521 g/mol. The lowest BCUT2D eigenvalue weighted by Crippen LogP contribution is -2.91. The van der Waals surface area contributed by atoms with Crippen LogP contribution in [0.4, 0.5) is 4.79 Å². The molecule has 0 atom stereocenters. The molecule has 34 heavy (non-hydrogen) atoms. The van der Waals surface area contributed by atoms with Crippen molar-refractivity contribution in [3.63, 3.8) is 0 Å². The maximum absolute atomic E-state index is 11.9. The highest BCUT2D eigenvalue weighted by molar-refractivity contribution is 8.76. The summed E-state index contributed by atoms with van der Waals surface area (Å²) in [5.74, 6) is 0.271. The summed E-state index contributed by atoms with van der Waals surface area (Å²) in [6.45, 7) is 0.625. The molecule has 1 heterocycles. The van der Waals surface area contributed by atoms with Gasteiger partial charge in [0.25, 0.3) is 5.91 Å². The van der Waals surface area contributed by atoms with E-state index in [0.717, 1.165) is 5.32 Å². The smallest absolute Gasteiger partial charge is 0.419 e. The number of aliphatic imine (C=N–C) groups is 1. The third-order valence-corrected chi connectivity index (χ3v) is 7.05. The SMILES string of the molecule is N=C(/N=C(/N)C(=N)c1cccc(Cl)c1Cl)[NH2+]C(=O)OCCSSCCNC(=O)c1cccnc1. The van der Waals surface area contributed by atoms with Gasteiger partial charge in [0.05, 0.1) is 15.6 Å². The molecule has 2 rings (SSSR count). The molecule has 0 saturated heterocycles. The first-order valence-corrected chi connectivity index (χ1v) is 12.9. The summed E-state index contributed by atoms with van der Waals surface area (Å²) in [6.07, 6.45) is 2.36. The van der Waals surface area contributed by atoms with Gasteiger partial charge < -0.3 is 15.8 Å². The zero-order valence-corrected chi connectivity index (χ0v) is 20.9. The van der Waals surface area contributed by atoms with Crippen molar-refractivity contribution in [3.05, 3.63) is 63.9 Å². The third-order valence-electron chi connectivity index (χ3n) is 3.86. The van der Waals surface area contributed by atoms with E-state index in [4.69, 9.17) is 44.5 Å². The molecule has 0 radical (unpaired) electrons. The van der Waals surface area contributed by atoms with E-state index in [1.54, 1.807) is 36.5 Å². The van der Waals surface area contributed by atoms with Crippen molar-refractivity contribution in [2.45, 2.75) is 0 Å². The monoisotopic (exact) mass is 542 g/mol. The van der Waals surface area contributed by atoms with Crippen molar-refractivity contribution in [1.29, 1.82) is 10.8 Å². The Bertz CT molecular complexity index is 1070. The van der Waals surface area contributed by atoms with Gasteiger partial charge in [-0.3, -0.25) is 15.2 Å². The van der Waals surface area contributed by atoms with Gasteiger partial charge in [0.2, 0.25) is 0 Å². The molecule has 0 aliphatic carbocycles. The van der Waals surface area contributed by atoms with Crippen molar-refractivity contribution < 1.29 is 19.6 Å². The summed E-state index contributed by atoms with van der Waals surface area (Å²) in [5.41, 5.74) is 6.30. The summed E-state index contributed by atoms with van der Waals surface area (Å²) >= 11 is 12.0. The second-order valence-electron chi connectivity index (χ2n) is 6.31. The topological polar surface area (TPSA) is 171 Å². The second kappa shape index (κ2) is 14.6. The number of rotatable bonds is 10. The Kier molecular flexibility index (Phi) is 11.8. The number of nitrogens with zero attached hydrogens (tertiary/aromatic N) is 2. The number of halogens is 2. The average molecular weight is 543 g/mol. The van der Waals surface area contributed by atoms with Crippen LogP contribution in [0.1, 0.15) is 15.9 Å². The van der Waals surface area contributed by atoms with Crippen molar-refractivity contribution in [1.82, 2.24) is 10.3 Å². The molecule has 0 bridgehead atoms.